The maximum atomic E-state index is 11.6. The predicted molar refractivity (Wildman–Crippen MR) is 69.8 cm³/mol. The number of amides is 1. The van der Waals surface area contributed by atoms with Crippen LogP contribution in [0.15, 0.2) is 18.2 Å². The molecule has 0 radical (unpaired) electrons. The second kappa shape index (κ2) is 4.75. The van der Waals surface area contributed by atoms with E-state index in [-0.39, 0.29) is 11.6 Å². The van der Waals surface area contributed by atoms with E-state index in [1.807, 2.05) is 0 Å². The fraction of sp³-hybridized carbons (Fsp3) is 0.300. The minimum Gasteiger partial charge on any atom is -0.311 e. The van der Waals surface area contributed by atoms with Crippen molar-refractivity contribution in [1.29, 1.82) is 0 Å². The zero-order valence-corrected chi connectivity index (χ0v) is 11.0. The molecule has 1 aliphatic heterocycles. The van der Waals surface area contributed by atoms with Gasteiger partial charge < -0.3 is 4.90 Å². The Kier molecular flexibility index (Phi) is 3.47. The number of nitrogens with two attached hydrogens (primary N) is 1. The molecule has 2 rings (SSSR count). The largest absolute Gasteiger partial charge is 0.311 e. The molecule has 0 spiro atoms. The first-order valence-corrected chi connectivity index (χ1v) is 7.20. The predicted octanol–water partition coefficient (Wildman–Crippen LogP) is 1.08. The molecule has 0 aromatic heterocycles. The summed E-state index contributed by atoms with van der Waals surface area (Å²) in [6, 6.07) is 4.53. The van der Waals surface area contributed by atoms with Crippen LogP contribution in [0.3, 0.4) is 0 Å². The Morgan fingerprint density at radius 3 is 2.61 bits per heavy atom. The summed E-state index contributed by atoms with van der Waals surface area (Å²) in [7, 11) is -3.83. The van der Waals surface area contributed by atoms with Crippen LogP contribution in [0.1, 0.15) is 12.8 Å². The van der Waals surface area contributed by atoms with Gasteiger partial charge in [-0.3, -0.25) is 9.52 Å². The summed E-state index contributed by atoms with van der Waals surface area (Å²) in [4.78, 5) is 13.2. The highest BCUT2D eigenvalue weighted by Gasteiger charge is 2.23. The van der Waals surface area contributed by atoms with Gasteiger partial charge in [0.1, 0.15) is 0 Å². The summed E-state index contributed by atoms with van der Waals surface area (Å²) in [5, 5.41) is 5.16. The second-order valence-corrected chi connectivity index (χ2v) is 5.66. The van der Waals surface area contributed by atoms with E-state index in [1.165, 1.54) is 12.1 Å². The maximum absolute atomic E-state index is 11.6. The standard InChI is InChI=1S/C10H12ClN3O3S/c11-8-6-7(13-18(12,16)17)3-4-9(8)14-5-1-2-10(14)15/h3-4,6,13H,1-2,5H2,(H2,12,16,17). The quantitative estimate of drug-likeness (QED) is 0.872. The van der Waals surface area contributed by atoms with E-state index in [1.54, 1.807) is 11.0 Å². The highest BCUT2D eigenvalue weighted by atomic mass is 35.5. The van der Waals surface area contributed by atoms with Gasteiger partial charge in [0.15, 0.2) is 0 Å². The van der Waals surface area contributed by atoms with Crippen molar-refractivity contribution >= 4 is 39.1 Å². The normalized spacial score (nSPS) is 16.1. The molecule has 0 unspecified atom stereocenters. The second-order valence-electron chi connectivity index (χ2n) is 3.96. The lowest BCUT2D eigenvalue weighted by Crippen LogP contribution is -2.24. The van der Waals surface area contributed by atoms with Crippen LogP contribution in [0.5, 0.6) is 0 Å². The Morgan fingerprint density at radius 1 is 1.39 bits per heavy atom. The van der Waals surface area contributed by atoms with Gasteiger partial charge in [0.25, 0.3) is 10.2 Å². The van der Waals surface area contributed by atoms with Crippen molar-refractivity contribution in [3.05, 3.63) is 23.2 Å². The van der Waals surface area contributed by atoms with Gasteiger partial charge in [-0.15, -0.1) is 0 Å². The van der Waals surface area contributed by atoms with E-state index in [9.17, 15) is 13.2 Å². The number of nitrogens with one attached hydrogen (secondary N) is 1. The monoisotopic (exact) mass is 289 g/mol. The van der Waals surface area contributed by atoms with Gasteiger partial charge in [0, 0.05) is 13.0 Å². The van der Waals surface area contributed by atoms with E-state index in [2.05, 4.69) is 4.72 Å². The third-order valence-corrected chi connectivity index (χ3v) is 3.39. The van der Waals surface area contributed by atoms with Gasteiger partial charge in [0.2, 0.25) is 5.91 Å². The SMILES string of the molecule is NS(=O)(=O)Nc1ccc(N2CCCC2=O)c(Cl)c1. The van der Waals surface area contributed by atoms with Crippen LogP contribution in [0, 0.1) is 0 Å². The lowest BCUT2D eigenvalue weighted by molar-refractivity contribution is -0.117. The molecule has 1 amide bonds. The Bertz CT molecular complexity index is 588. The summed E-state index contributed by atoms with van der Waals surface area (Å²) in [6.07, 6.45) is 1.31. The fourth-order valence-corrected chi connectivity index (χ4v) is 2.59. The third-order valence-electron chi connectivity index (χ3n) is 2.57. The molecule has 1 aliphatic rings. The molecule has 8 heteroatoms. The highest BCUT2D eigenvalue weighted by Crippen LogP contribution is 2.31. The van der Waals surface area contributed by atoms with Crippen molar-refractivity contribution in [3.63, 3.8) is 0 Å². The number of carbonyl (C=O) groups excluding carboxylic acids is 1. The highest BCUT2D eigenvalue weighted by molar-refractivity contribution is 7.90. The zero-order valence-electron chi connectivity index (χ0n) is 9.39. The smallest absolute Gasteiger partial charge is 0.296 e. The molecule has 6 nitrogen and oxygen atoms in total. The molecule has 18 heavy (non-hydrogen) atoms. The first-order valence-electron chi connectivity index (χ1n) is 5.27. The molecule has 0 atom stereocenters. The zero-order chi connectivity index (χ0) is 13.3. The van der Waals surface area contributed by atoms with Crippen LogP contribution in [-0.2, 0) is 15.0 Å². The molecule has 1 fully saturated rings. The Balaban J connectivity index is 2.28. The van der Waals surface area contributed by atoms with E-state index < -0.39 is 10.2 Å². The molecular formula is C10H12ClN3O3S. The van der Waals surface area contributed by atoms with Gasteiger partial charge in [-0.2, -0.15) is 8.42 Å². The Labute approximate surface area is 110 Å². The first-order chi connectivity index (χ1) is 8.37. The van der Waals surface area contributed by atoms with Gasteiger partial charge >= 0.3 is 0 Å². The lowest BCUT2D eigenvalue weighted by atomic mass is 10.2. The topological polar surface area (TPSA) is 92.5 Å². The number of anilines is 2. The summed E-state index contributed by atoms with van der Waals surface area (Å²) in [5.74, 6) is 0.0176. The number of halogens is 1. The van der Waals surface area contributed by atoms with E-state index in [4.69, 9.17) is 16.7 Å². The molecular weight excluding hydrogens is 278 g/mol. The Morgan fingerprint density at radius 2 is 2.11 bits per heavy atom. The molecule has 0 bridgehead atoms. The van der Waals surface area contributed by atoms with Crippen LogP contribution in [-0.4, -0.2) is 20.9 Å². The van der Waals surface area contributed by atoms with Crippen molar-refractivity contribution in [3.8, 4) is 0 Å². The van der Waals surface area contributed by atoms with Crippen LogP contribution in [0.25, 0.3) is 0 Å². The van der Waals surface area contributed by atoms with Gasteiger partial charge in [0.05, 0.1) is 16.4 Å². The molecule has 3 N–H and O–H groups in total. The van der Waals surface area contributed by atoms with Crippen LogP contribution in [0.4, 0.5) is 11.4 Å². The van der Waals surface area contributed by atoms with Crippen LogP contribution >= 0.6 is 11.6 Å². The first kappa shape index (κ1) is 13.1. The average Bonchev–Trinajstić information content (AvgIpc) is 2.62. The van der Waals surface area contributed by atoms with Crippen molar-refractivity contribution in [2.45, 2.75) is 12.8 Å². The Hall–Kier alpha value is -1.31. The summed E-state index contributed by atoms with van der Waals surface area (Å²) < 4.78 is 23.8. The molecule has 1 aromatic carbocycles. The number of rotatable bonds is 3. The van der Waals surface area contributed by atoms with E-state index >= 15 is 0 Å². The summed E-state index contributed by atoms with van der Waals surface area (Å²) in [5.41, 5.74) is 0.844. The molecule has 1 saturated heterocycles. The van der Waals surface area contributed by atoms with Crippen molar-refractivity contribution < 1.29 is 13.2 Å². The lowest BCUT2D eigenvalue weighted by Gasteiger charge is -2.17. The number of nitrogens with zero attached hydrogens (tertiary/aromatic N) is 1. The molecule has 0 aliphatic carbocycles. The number of carbonyl (C=O) groups is 1. The minimum absolute atomic E-state index is 0.0176. The van der Waals surface area contributed by atoms with Gasteiger partial charge in [-0.1, -0.05) is 11.6 Å². The fourth-order valence-electron chi connectivity index (χ4n) is 1.86. The molecule has 98 valence electrons. The summed E-state index contributed by atoms with van der Waals surface area (Å²) in [6.45, 7) is 0.626. The van der Waals surface area contributed by atoms with E-state index in [0.29, 0.717) is 23.7 Å². The van der Waals surface area contributed by atoms with Crippen molar-refractivity contribution in [1.82, 2.24) is 0 Å². The van der Waals surface area contributed by atoms with E-state index in [0.717, 1.165) is 6.42 Å². The third kappa shape index (κ3) is 2.92. The number of benzene rings is 1. The van der Waals surface area contributed by atoms with Crippen molar-refractivity contribution in [2.75, 3.05) is 16.2 Å². The number of hydrogen-bond donors (Lipinski definition) is 2. The maximum Gasteiger partial charge on any atom is 0.296 e. The van der Waals surface area contributed by atoms with Crippen LogP contribution in [0.2, 0.25) is 5.02 Å². The molecule has 1 aromatic rings. The minimum atomic E-state index is -3.83. The number of hydrogen-bond acceptors (Lipinski definition) is 3. The molecule has 1 heterocycles. The van der Waals surface area contributed by atoms with Crippen molar-refractivity contribution in [2.24, 2.45) is 5.14 Å². The van der Waals surface area contributed by atoms with Gasteiger partial charge in [-0.05, 0) is 24.6 Å². The van der Waals surface area contributed by atoms with Gasteiger partial charge in [-0.25, -0.2) is 5.14 Å². The summed E-state index contributed by atoms with van der Waals surface area (Å²) >= 11 is 6.03. The van der Waals surface area contributed by atoms with Crippen LogP contribution < -0.4 is 14.8 Å². The molecule has 0 saturated carbocycles. The average molecular weight is 290 g/mol.